The number of hydrogen-bond acceptors (Lipinski definition) is 4. The van der Waals surface area contributed by atoms with Crippen molar-refractivity contribution in [3.63, 3.8) is 0 Å². The van der Waals surface area contributed by atoms with E-state index in [0.717, 1.165) is 60.6 Å². The van der Waals surface area contributed by atoms with Crippen LogP contribution in [0, 0.1) is 5.41 Å². The number of rotatable bonds is 12. The minimum Gasteiger partial charge on any atom is -0.494 e. The molecule has 0 saturated heterocycles. The van der Waals surface area contributed by atoms with E-state index in [1.165, 1.54) is 5.56 Å². The molecule has 1 unspecified atom stereocenters. The summed E-state index contributed by atoms with van der Waals surface area (Å²) < 4.78 is 14.6. The Morgan fingerprint density at radius 2 is 1.97 bits per heavy atom. The summed E-state index contributed by atoms with van der Waals surface area (Å²) in [6, 6.07) is 16.5. The molecular weight excluding hydrogens is 448 g/mol. The summed E-state index contributed by atoms with van der Waals surface area (Å²) >= 11 is 0. The number of carbonyl (C=O) groups excluding carboxylic acids is 1. The van der Waals surface area contributed by atoms with Crippen LogP contribution in [0.3, 0.4) is 0 Å². The quantitative estimate of drug-likeness (QED) is 0.261. The third-order valence-electron chi connectivity index (χ3n) is 6.97. The van der Waals surface area contributed by atoms with Crippen LogP contribution in [0.1, 0.15) is 69.8 Å². The largest absolute Gasteiger partial charge is 0.494 e. The van der Waals surface area contributed by atoms with E-state index in [1.54, 1.807) is 0 Å². The highest BCUT2D eigenvalue weighted by Gasteiger charge is 2.27. The lowest BCUT2D eigenvalue weighted by atomic mass is 9.81. The molecule has 4 rings (SSSR count). The Morgan fingerprint density at radius 1 is 1.17 bits per heavy atom. The van der Waals surface area contributed by atoms with Crippen LogP contribution in [0.15, 0.2) is 60.9 Å². The van der Waals surface area contributed by atoms with Gasteiger partial charge in [0.2, 0.25) is 0 Å². The molecule has 5 nitrogen and oxygen atoms in total. The van der Waals surface area contributed by atoms with Gasteiger partial charge < -0.3 is 14.0 Å². The number of nitrogens with zero attached hydrogens (tertiary/aromatic N) is 2. The monoisotopic (exact) mass is 486 g/mol. The molecule has 2 aromatic carbocycles. The van der Waals surface area contributed by atoms with Crippen molar-refractivity contribution >= 4 is 17.4 Å². The summed E-state index contributed by atoms with van der Waals surface area (Å²) in [7, 11) is 2.01. The molecule has 190 valence electrons. The van der Waals surface area contributed by atoms with Crippen LogP contribution in [0.25, 0.3) is 11.6 Å². The minimum absolute atomic E-state index is 0.0755. The van der Waals surface area contributed by atoms with E-state index < -0.39 is 0 Å². The molecule has 36 heavy (non-hydrogen) atoms. The molecular formula is C31H38N2O3. The fourth-order valence-electron chi connectivity index (χ4n) is 4.73. The summed E-state index contributed by atoms with van der Waals surface area (Å²) in [5.41, 5.74) is 3.09. The van der Waals surface area contributed by atoms with Gasteiger partial charge in [-0.3, -0.25) is 4.79 Å². The zero-order valence-corrected chi connectivity index (χ0v) is 22.0. The van der Waals surface area contributed by atoms with Crippen molar-refractivity contribution in [2.24, 2.45) is 12.5 Å². The van der Waals surface area contributed by atoms with Crippen LogP contribution < -0.4 is 9.47 Å². The Labute approximate surface area is 215 Å². The number of aromatic nitrogens is 2. The SMILES string of the molecule is CCCC(=O)C(C)(C)CCCOc1ccc2c(c1)C=C(c1nccn1C)C(CCc1ccccc1)O2. The topological polar surface area (TPSA) is 53.3 Å². The van der Waals surface area contributed by atoms with Crippen LogP contribution >= 0.6 is 0 Å². The first kappa shape index (κ1) is 25.7. The molecule has 1 aliphatic rings. The van der Waals surface area contributed by atoms with E-state index in [9.17, 15) is 4.79 Å². The molecule has 2 heterocycles. The third kappa shape index (κ3) is 6.26. The highest BCUT2D eigenvalue weighted by atomic mass is 16.5. The van der Waals surface area contributed by atoms with Crippen molar-refractivity contribution in [3.05, 3.63) is 77.9 Å². The van der Waals surface area contributed by atoms with Crippen LogP contribution in [0.5, 0.6) is 11.5 Å². The Bertz CT molecular complexity index is 1190. The van der Waals surface area contributed by atoms with Crippen molar-refractivity contribution in [2.75, 3.05) is 6.61 Å². The van der Waals surface area contributed by atoms with Gasteiger partial charge in [0.1, 0.15) is 29.2 Å². The van der Waals surface area contributed by atoms with Gasteiger partial charge in [0.15, 0.2) is 0 Å². The van der Waals surface area contributed by atoms with Gasteiger partial charge in [0.05, 0.1) is 6.61 Å². The van der Waals surface area contributed by atoms with Gasteiger partial charge >= 0.3 is 0 Å². The Hall–Kier alpha value is -3.34. The maximum atomic E-state index is 12.3. The first-order valence-electron chi connectivity index (χ1n) is 13.1. The fourth-order valence-corrected chi connectivity index (χ4v) is 4.73. The fraction of sp³-hybridized carbons (Fsp3) is 0.419. The number of ketones is 1. The molecule has 0 fully saturated rings. The smallest absolute Gasteiger partial charge is 0.139 e. The van der Waals surface area contributed by atoms with Crippen molar-refractivity contribution in [1.29, 1.82) is 0 Å². The van der Waals surface area contributed by atoms with Gasteiger partial charge in [-0.1, -0.05) is 51.1 Å². The molecule has 1 atom stereocenters. The average Bonchev–Trinajstić information content (AvgIpc) is 3.31. The van der Waals surface area contributed by atoms with Crippen LogP contribution in [0.4, 0.5) is 0 Å². The zero-order valence-electron chi connectivity index (χ0n) is 22.0. The van der Waals surface area contributed by atoms with Gasteiger partial charge in [-0.15, -0.1) is 0 Å². The molecule has 0 N–H and O–H groups in total. The predicted octanol–water partition coefficient (Wildman–Crippen LogP) is 6.91. The third-order valence-corrected chi connectivity index (χ3v) is 6.97. The number of imidazole rings is 1. The second-order valence-electron chi connectivity index (χ2n) is 10.3. The highest BCUT2D eigenvalue weighted by Crippen LogP contribution is 2.37. The normalized spacial score (nSPS) is 15.1. The summed E-state index contributed by atoms with van der Waals surface area (Å²) in [5, 5.41) is 0. The number of carbonyl (C=O) groups is 1. The van der Waals surface area contributed by atoms with Crippen molar-refractivity contribution in [3.8, 4) is 11.5 Å². The van der Waals surface area contributed by atoms with Crippen LogP contribution in [0.2, 0.25) is 0 Å². The van der Waals surface area contributed by atoms with Crippen LogP contribution in [-0.2, 0) is 18.3 Å². The Balaban J connectivity index is 1.45. The molecule has 0 radical (unpaired) electrons. The number of aryl methyl sites for hydroxylation is 2. The van der Waals surface area contributed by atoms with E-state index in [4.69, 9.17) is 9.47 Å². The van der Waals surface area contributed by atoms with Gasteiger partial charge in [0.25, 0.3) is 0 Å². The van der Waals surface area contributed by atoms with Crippen molar-refractivity contribution < 1.29 is 14.3 Å². The minimum atomic E-state index is -0.294. The molecule has 0 bridgehead atoms. The van der Waals surface area contributed by atoms with Crippen molar-refractivity contribution in [1.82, 2.24) is 9.55 Å². The number of Topliss-reactive ketones (excluding diaryl/α,β-unsaturated/α-hetero) is 1. The molecule has 1 aromatic heterocycles. The van der Waals surface area contributed by atoms with E-state index in [-0.39, 0.29) is 11.5 Å². The summed E-state index contributed by atoms with van der Waals surface area (Å²) in [6.07, 6.45) is 10.9. The van der Waals surface area contributed by atoms with Gasteiger partial charge in [0, 0.05) is 42.4 Å². The molecule has 3 aromatic rings. The van der Waals surface area contributed by atoms with Gasteiger partial charge in [-0.2, -0.15) is 0 Å². The number of hydrogen-bond donors (Lipinski definition) is 0. The molecule has 0 aliphatic carbocycles. The van der Waals surface area contributed by atoms with E-state index in [0.29, 0.717) is 18.8 Å². The molecule has 0 spiro atoms. The maximum Gasteiger partial charge on any atom is 0.139 e. The first-order chi connectivity index (χ1) is 17.4. The number of fused-ring (bicyclic) bond motifs is 1. The standard InChI is InChI=1S/C31H38N2O3/c1-5-10-29(34)31(2,3)17-9-20-35-25-14-16-27-24(21-25)22-26(30-32-18-19-33(30)4)28(36-27)15-13-23-11-7-6-8-12-23/h6-8,11-12,14,16,18-19,21-22,28H,5,9-10,13,15,17,20H2,1-4H3. The Morgan fingerprint density at radius 3 is 2.69 bits per heavy atom. The summed E-state index contributed by atoms with van der Waals surface area (Å²) in [4.78, 5) is 16.9. The molecule has 1 aliphatic heterocycles. The van der Waals surface area contributed by atoms with E-state index in [2.05, 4.69) is 42.2 Å². The molecule has 0 amide bonds. The molecule has 0 saturated carbocycles. The lowest BCUT2D eigenvalue weighted by molar-refractivity contribution is -0.127. The lowest BCUT2D eigenvalue weighted by Gasteiger charge is -2.28. The highest BCUT2D eigenvalue weighted by molar-refractivity contribution is 5.85. The van der Waals surface area contributed by atoms with Crippen LogP contribution in [-0.4, -0.2) is 28.0 Å². The predicted molar refractivity (Wildman–Crippen MR) is 145 cm³/mol. The average molecular weight is 487 g/mol. The first-order valence-corrected chi connectivity index (χ1v) is 13.1. The molecule has 5 heteroatoms. The van der Waals surface area contributed by atoms with E-state index in [1.807, 2.05) is 62.1 Å². The zero-order chi connectivity index (χ0) is 25.5. The number of benzene rings is 2. The second-order valence-corrected chi connectivity index (χ2v) is 10.3. The van der Waals surface area contributed by atoms with E-state index >= 15 is 0 Å². The van der Waals surface area contributed by atoms with Crippen molar-refractivity contribution in [2.45, 2.75) is 65.4 Å². The second kappa shape index (κ2) is 11.6. The lowest BCUT2D eigenvalue weighted by Crippen LogP contribution is -2.24. The maximum absolute atomic E-state index is 12.3. The Kier molecular flexibility index (Phi) is 8.29. The van der Waals surface area contributed by atoms with Gasteiger partial charge in [-0.05, 0) is 61.9 Å². The number of ether oxygens (including phenoxy) is 2. The summed E-state index contributed by atoms with van der Waals surface area (Å²) in [5.74, 6) is 2.94. The summed E-state index contributed by atoms with van der Waals surface area (Å²) in [6.45, 7) is 6.72. The van der Waals surface area contributed by atoms with Gasteiger partial charge in [-0.25, -0.2) is 4.98 Å².